The molecule has 11 heteroatoms. The number of carbonyl (C=O) groups is 2. The van der Waals surface area contributed by atoms with Gasteiger partial charge in [0.1, 0.15) is 31.5 Å². The van der Waals surface area contributed by atoms with Gasteiger partial charge in [0, 0.05) is 18.7 Å². The van der Waals surface area contributed by atoms with E-state index in [1.54, 1.807) is 44.4 Å². The molecule has 0 radical (unpaired) electrons. The lowest BCUT2D eigenvalue weighted by atomic mass is 9.95. The molecule has 0 bridgehead atoms. The van der Waals surface area contributed by atoms with E-state index >= 15 is 0 Å². The van der Waals surface area contributed by atoms with Crippen LogP contribution >= 0.6 is 0 Å². The number of hydrogen-bond acceptors (Lipinski definition) is 7. The Labute approximate surface area is 230 Å². The molecule has 1 N–H and O–H groups in total. The van der Waals surface area contributed by atoms with Crippen LogP contribution in [0.2, 0.25) is 0 Å². The highest BCUT2D eigenvalue weighted by molar-refractivity contribution is 7.92. The van der Waals surface area contributed by atoms with Gasteiger partial charge >= 0.3 is 0 Å². The zero-order valence-corrected chi connectivity index (χ0v) is 23.5. The smallest absolute Gasteiger partial charge is 0.244 e. The maximum absolute atomic E-state index is 13.8. The van der Waals surface area contributed by atoms with Crippen LogP contribution in [-0.2, 0) is 26.2 Å². The van der Waals surface area contributed by atoms with Crippen LogP contribution in [0.1, 0.15) is 44.6 Å². The van der Waals surface area contributed by atoms with Gasteiger partial charge in [-0.25, -0.2) is 8.42 Å². The molecule has 2 aliphatic rings. The van der Waals surface area contributed by atoms with Crippen LogP contribution in [0.5, 0.6) is 17.2 Å². The minimum absolute atomic E-state index is 0.0766. The Kier molecular flexibility index (Phi) is 9.21. The second-order valence-corrected chi connectivity index (χ2v) is 11.9. The highest BCUT2D eigenvalue weighted by Gasteiger charge is 2.31. The molecule has 2 amide bonds. The average Bonchev–Trinajstić information content (AvgIpc) is 2.94. The molecule has 1 heterocycles. The molecule has 0 aromatic heterocycles. The van der Waals surface area contributed by atoms with E-state index in [4.69, 9.17) is 14.2 Å². The summed E-state index contributed by atoms with van der Waals surface area (Å²) in [5.41, 5.74) is 1.03. The predicted molar refractivity (Wildman–Crippen MR) is 148 cm³/mol. The third-order valence-corrected chi connectivity index (χ3v) is 8.24. The fraction of sp³-hybridized carbons (Fsp3) is 0.500. The minimum atomic E-state index is -3.86. The van der Waals surface area contributed by atoms with Crippen LogP contribution in [0.3, 0.4) is 0 Å². The van der Waals surface area contributed by atoms with Gasteiger partial charge < -0.3 is 24.4 Å². The molecule has 1 saturated carbocycles. The number of amides is 2. The number of methoxy groups -OCH3 is 1. The maximum atomic E-state index is 13.8. The molecule has 1 fully saturated rings. The summed E-state index contributed by atoms with van der Waals surface area (Å²) in [4.78, 5) is 28.5. The lowest BCUT2D eigenvalue weighted by molar-refractivity contribution is -0.139. The first-order valence-electron chi connectivity index (χ1n) is 13.3. The van der Waals surface area contributed by atoms with E-state index in [1.807, 2.05) is 12.1 Å². The number of anilines is 1. The number of hydrogen-bond donors (Lipinski definition) is 1. The van der Waals surface area contributed by atoms with Crippen molar-refractivity contribution in [3.63, 3.8) is 0 Å². The average molecular weight is 560 g/mol. The number of benzene rings is 2. The summed E-state index contributed by atoms with van der Waals surface area (Å²) < 4.78 is 43.2. The molecule has 4 rings (SSSR count). The number of nitrogens with one attached hydrogen (secondary N) is 1. The maximum Gasteiger partial charge on any atom is 0.244 e. The molecule has 2 aromatic carbocycles. The molecule has 0 unspecified atom stereocenters. The SMILES string of the molecule is COc1cccc(CN(C(=O)CN(c2ccc3c(c2)OCCO3)S(C)(=O)=O)[C@@H](C)C(=O)NC2CCCCC2)c1. The number of carbonyl (C=O) groups excluding carboxylic acids is 2. The lowest BCUT2D eigenvalue weighted by Gasteiger charge is -2.33. The van der Waals surface area contributed by atoms with Gasteiger partial charge in [0.05, 0.1) is 19.1 Å². The van der Waals surface area contributed by atoms with Crippen molar-refractivity contribution in [2.45, 2.75) is 57.7 Å². The highest BCUT2D eigenvalue weighted by atomic mass is 32.2. The van der Waals surface area contributed by atoms with Gasteiger partial charge in [-0.3, -0.25) is 13.9 Å². The lowest BCUT2D eigenvalue weighted by Crippen LogP contribution is -2.52. The minimum Gasteiger partial charge on any atom is -0.497 e. The molecule has 212 valence electrons. The summed E-state index contributed by atoms with van der Waals surface area (Å²) in [6.07, 6.45) is 6.14. The van der Waals surface area contributed by atoms with E-state index in [-0.39, 0.29) is 24.2 Å². The second kappa shape index (κ2) is 12.6. The standard InChI is InChI=1S/C28H37N3O7S/c1-20(28(33)29-22-9-5-4-6-10-22)30(18-21-8-7-11-24(16-21)36-2)27(32)19-31(39(3,34)35)23-12-13-25-26(17-23)38-15-14-37-25/h7-8,11-13,16-17,20,22H,4-6,9-10,14-15,18-19H2,1-3H3,(H,29,33)/t20-/m0/s1. The van der Waals surface area contributed by atoms with Crippen molar-refractivity contribution in [3.05, 3.63) is 48.0 Å². The summed E-state index contributed by atoms with van der Waals surface area (Å²) >= 11 is 0. The van der Waals surface area contributed by atoms with Crippen LogP contribution in [0.15, 0.2) is 42.5 Å². The van der Waals surface area contributed by atoms with Crippen molar-refractivity contribution in [3.8, 4) is 17.2 Å². The summed E-state index contributed by atoms with van der Waals surface area (Å²) in [7, 11) is -2.30. The molecule has 0 saturated heterocycles. The van der Waals surface area contributed by atoms with Crippen LogP contribution in [0.4, 0.5) is 5.69 Å². The van der Waals surface area contributed by atoms with E-state index < -0.39 is 28.5 Å². The van der Waals surface area contributed by atoms with Crippen molar-refractivity contribution < 1.29 is 32.2 Å². The van der Waals surface area contributed by atoms with Crippen LogP contribution in [-0.4, -0.2) is 70.3 Å². The number of sulfonamides is 1. The molecule has 1 atom stereocenters. The van der Waals surface area contributed by atoms with Crippen molar-refractivity contribution in [1.29, 1.82) is 0 Å². The number of nitrogens with zero attached hydrogens (tertiary/aromatic N) is 2. The van der Waals surface area contributed by atoms with Crippen molar-refractivity contribution >= 4 is 27.5 Å². The summed E-state index contributed by atoms with van der Waals surface area (Å²) in [5, 5.41) is 3.09. The topological polar surface area (TPSA) is 114 Å². The fourth-order valence-electron chi connectivity index (χ4n) is 4.92. The van der Waals surface area contributed by atoms with Gasteiger partial charge in [0.2, 0.25) is 21.8 Å². The van der Waals surface area contributed by atoms with Gasteiger partial charge in [-0.1, -0.05) is 31.4 Å². The molecule has 0 spiro atoms. The normalized spacial score (nSPS) is 16.2. The van der Waals surface area contributed by atoms with Gasteiger partial charge in [0.25, 0.3) is 0 Å². The summed E-state index contributed by atoms with van der Waals surface area (Å²) in [6, 6.07) is 11.2. The summed E-state index contributed by atoms with van der Waals surface area (Å²) in [5.74, 6) is 0.770. The largest absolute Gasteiger partial charge is 0.497 e. The van der Waals surface area contributed by atoms with E-state index in [0.29, 0.717) is 30.5 Å². The fourth-order valence-corrected chi connectivity index (χ4v) is 5.76. The van der Waals surface area contributed by atoms with Crippen molar-refractivity contribution in [2.75, 3.05) is 37.4 Å². The Hall–Kier alpha value is -3.47. The first kappa shape index (κ1) is 28.5. The van der Waals surface area contributed by atoms with Crippen molar-refractivity contribution in [2.24, 2.45) is 0 Å². The van der Waals surface area contributed by atoms with Gasteiger partial charge in [-0.2, -0.15) is 0 Å². The second-order valence-electron chi connectivity index (χ2n) is 9.99. The monoisotopic (exact) mass is 559 g/mol. The van der Waals surface area contributed by atoms with Crippen LogP contribution in [0.25, 0.3) is 0 Å². The predicted octanol–water partition coefficient (Wildman–Crippen LogP) is 3.10. The van der Waals surface area contributed by atoms with Crippen LogP contribution in [0, 0.1) is 0 Å². The number of rotatable bonds is 10. The Morgan fingerprint density at radius 3 is 2.46 bits per heavy atom. The quantitative estimate of drug-likeness (QED) is 0.476. The van der Waals surface area contributed by atoms with E-state index in [0.717, 1.165) is 48.2 Å². The van der Waals surface area contributed by atoms with E-state index in [1.165, 1.54) is 4.90 Å². The molecule has 1 aliphatic carbocycles. The first-order valence-corrected chi connectivity index (χ1v) is 15.1. The zero-order chi connectivity index (χ0) is 28.0. The molecular formula is C28H37N3O7S. The zero-order valence-electron chi connectivity index (χ0n) is 22.7. The molecule has 2 aromatic rings. The summed E-state index contributed by atoms with van der Waals surface area (Å²) in [6.45, 7) is 2.04. The molecule has 10 nitrogen and oxygen atoms in total. The Balaban J connectivity index is 1.60. The van der Waals surface area contributed by atoms with E-state index in [2.05, 4.69) is 5.32 Å². The number of fused-ring (bicyclic) bond motifs is 1. The van der Waals surface area contributed by atoms with Gasteiger partial charge in [-0.05, 0) is 49.6 Å². The molecule has 1 aliphatic heterocycles. The van der Waals surface area contributed by atoms with Gasteiger partial charge in [-0.15, -0.1) is 0 Å². The van der Waals surface area contributed by atoms with Gasteiger partial charge in [0.15, 0.2) is 11.5 Å². The Bertz CT molecular complexity index is 1280. The van der Waals surface area contributed by atoms with Crippen molar-refractivity contribution in [1.82, 2.24) is 10.2 Å². The Morgan fingerprint density at radius 2 is 1.77 bits per heavy atom. The number of ether oxygens (including phenoxy) is 3. The van der Waals surface area contributed by atoms with Crippen LogP contribution < -0.4 is 23.8 Å². The third kappa shape index (κ3) is 7.35. The molecular weight excluding hydrogens is 522 g/mol. The molecule has 39 heavy (non-hydrogen) atoms. The van der Waals surface area contributed by atoms with E-state index in [9.17, 15) is 18.0 Å². The highest BCUT2D eigenvalue weighted by Crippen LogP contribution is 2.34. The Morgan fingerprint density at radius 1 is 1.05 bits per heavy atom. The first-order chi connectivity index (χ1) is 18.7. The third-order valence-electron chi connectivity index (χ3n) is 7.10.